The van der Waals surface area contributed by atoms with Crippen LogP contribution in [0.2, 0.25) is 0 Å². The molecule has 1 heterocycles. The van der Waals surface area contributed by atoms with E-state index in [0.717, 1.165) is 24.9 Å². The lowest BCUT2D eigenvalue weighted by Gasteiger charge is -2.25. The zero-order valence-electron chi connectivity index (χ0n) is 11.4. The van der Waals surface area contributed by atoms with Gasteiger partial charge in [-0.3, -0.25) is 4.98 Å². The summed E-state index contributed by atoms with van der Waals surface area (Å²) >= 11 is 0. The SMILES string of the molecule is CCCNC(c1cncc(F)c1)C(C)CCOC. The third kappa shape index (κ3) is 4.70. The second-order valence-electron chi connectivity index (χ2n) is 4.63. The molecule has 18 heavy (non-hydrogen) atoms. The Morgan fingerprint density at radius 3 is 2.83 bits per heavy atom. The van der Waals surface area contributed by atoms with Crippen LogP contribution >= 0.6 is 0 Å². The molecule has 0 saturated heterocycles. The van der Waals surface area contributed by atoms with Gasteiger partial charge in [-0.2, -0.15) is 0 Å². The number of pyridine rings is 1. The molecule has 0 aromatic carbocycles. The van der Waals surface area contributed by atoms with Gasteiger partial charge >= 0.3 is 0 Å². The molecule has 0 aliphatic heterocycles. The highest BCUT2D eigenvalue weighted by atomic mass is 19.1. The van der Waals surface area contributed by atoms with Gasteiger partial charge in [0.2, 0.25) is 0 Å². The van der Waals surface area contributed by atoms with Gasteiger partial charge in [-0.15, -0.1) is 0 Å². The fourth-order valence-corrected chi connectivity index (χ4v) is 2.02. The second-order valence-corrected chi connectivity index (χ2v) is 4.63. The maximum atomic E-state index is 13.3. The highest BCUT2D eigenvalue weighted by Crippen LogP contribution is 2.24. The molecule has 102 valence electrons. The van der Waals surface area contributed by atoms with Crippen molar-refractivity contribution >= 4 is 0 Å². The van der Waals surface area contributed by atoms with Crippen LogP contribution in [0.3, 0.4) is 0 Å². The van der Waals surface area contributed by atoms with Crippen LogP contribution in [0.5, 0.6) is 0 Å². The summed E-state index contributed by atoms with van der Waals surface area (Å²) < 4.78 is 18.4. The minimum atomic E-state index is -0.283. The second kappa shape index (κ2) is 8.16. The topological polar surface area (TPSA) is 34.2 Å². The Bertz CT molecular complexity index is 346. The van der Waals surface area contributed by atoms with Crippen molar-refractivity contribution in [3.63, 3.8) is 0 Å². The summed E-state index contributed by atoms with van der Waals surface area (Å²) in [5, 5.41) is 3.46. The number of halogens is 1. The standard InChI is InChI=1S/C14H23FN2O/c1-4-6-17-14(11(2)5-7-18-3)12-8-13(15)10-16-9-12/h8-11,14,17H,4-7H2,1-3H3. The Kier molecular flexibility index (Phi) is 6.83. The van der Waals surface area contributed by atoms with Gasteiger partial charge in [0, 0.05) is 26.0 Å². The fourth-order valence-electron chi connectivity index (χ4n) is 2.02. The van der Waals surface area contributed by atoms with E-state index in [9.17, 15) is 4.39 Å². The highest BCUT2D eigenvalue weighted by molar-refractivity contribution is 5.16. The van der Waals surface area contributed by atoms with Crippen LogP contribution in [0.25, 0.3) is 0 Å². The maximum absolute atomic E-state index is 13.3. The van der Waals surface area contributed by atoms with Gasteiger partial charge in [-0.05, 0) is 36.9 Å². The molecule has 0 fully saturated rings. The van der Waals surface area contributed by atoms with E-state index in [1.807, 2.05) is 0 Å². The van der Waals surface area contributed by atoms with Crippen LogP contribution in [-0.4, -0.2) is 25.2 Å². The lowest BCUT2D eigenvalue weighted by molar-refractivity contribution is 0.170. The molecule has 1 rings (SSSR count). The molecule has 0 bridgehead atoms. The lowest BCUT2D eigenvalue weighted by Crippen LogP contribution is -2.28. The normalized spacial score (nSPS) is 14.4. The zero-order valence-corrected chi connectivity index (χ0v) is 11.4. The van der Waals surface area contributed by atoms with Gasteiger partial charge in [0.15, 0.2) is 0 Å². The summed E-state index contributed by atoms with van der Waals surface area (Å²) in [4.78, 5) is 3.93. The van der Waals surface area contributed by atoms with E-state index in [-0.39, 0.29) is 11.9 Å². The van der Waals surface area contributed by atoms with Crippen molar-refractivity contribution in [2.24, 2.45) is 5.92 Å². The number of hydrogen-bond donors (Lipinski definition) is 1. The first-order chi connectivity index (χ1) is 8.69. The number of nitrogens with zero attached hydrogens (tertiary/aromatic N) is 1. The van der Waals surface area contributed by atoms with Crippen molar-refractivity contribution in [2.75, 3.05) is 20.3 Å². The van der Waals surface area contributed by atoms with E-state index >= 15 is 0 Å². The maximum Gasteiger partial charge on any atom is 0.141 e. The Labute approximate surface area is 109 Å². The van der Waals surface area contributed by atoms with Crippen LogP contribution in [0.1, 0.15) is 38.3 Å². The number of rotatable bonds is 8. The average molecular weight is 254 g/mol. The molecule has 2 atom stereocenters. The summed E-state index contributed by atoms with van der Waals surface area (Å²) in [6, 6.07) is 1.69. The Hall–Kier alpha value is -1.00. The number of aromatic nitrogens is 1. The quantitative estimate of drug-likeness (QED) is 0.774. The monoisotopic (exact) mass is 254 g/mol. The summed E-state index contributed by atoms with van der Waals surface area (Å²) in [6.07, 6.45) is 4.96. The Morgan fingerprint density at radius 1 is 1.44 bits per heavy atom. The summed E-state index contributed by atoms with van der Waals surface area (Å²) in [6.45, 7) is 5.90. The molecule has 4 heteroatoms. The molecule has 3 nitrogen and oxygen atoms in total. The predicted molar refractivity (Wildman–Crippen MR) is 70.9 cm³/mol. The van der Waals surface area contributed by atoms with Gasteiger partial charge in [0.25, 0.3) is 0 Å². The largest absolute Gasteiger partial charge is 0.385 e. The van der Waals surface area contributed by atoms with Gasteiger partial charge in [0.05, 0.1) is 6.20 Å². The Morgan fingerprint density at radius 2 is 2.22 bits per heavy atom. The van der Waals surface area contributed by atoms with Crippen molar-refractivity contribution in [3.05, 3.63) is 29.8 Å². The molecule has 0 aliphatic carbocycles. The summed E-state index contributed by atoms with van der Waals surface area (Å²) in [5.41, 5.74) is 0.909. The zero-order chi connectivity index (χ0) is 13.4. The molecule has 0 saturated carbocycles. The van der Waals surface area contributed by atoms with Gasteiger partial charge < -0.3 is 10.1 Å². The molecule has 1 N–H and O–H groups in total. The molecule has 1 aromatic rings. The molecule has 0 radical (unpaired) electrons. The van der Waals surface area contributed by atoms with Crippen LogP contribution in [-0.2, 0) is 4.74 Å². The lowest BCUT2D eigenvalue weighted by atomic mass is 9.93. The smallest absolute Gasteiger partial charge is 0.141 e. The first-order valence-electron chi connectivity index (χ1n) is 6.51. The molecular weight excluding hydrogens is 231 g/mol. The number of hydrogen-bond acceptors (Lipinski definition) is 3. The van der Waals surface area contributed by atoms with Gasteiger partial charge in [-0.1, -0.05) is 13.8 Å². The number of nitrogens with one attached hydrogen (secondary N) is 1. The van der Waals surface area contributed by atoms with Crippen LogP contribution in [0.15, 0.2) is 18.5 Å². The van der Waals surface area contributed by atoms with E-state index in [4.69, 9.17) is 4.74 Å². The van der Waals surface area contributed by atoms with Gasteiger partial charge in [-0.25, -0.2) is 4.39 Å². The Balaban J connectivity index is 2.76. The van der Waals surface area contributed by atoms with E-state index in [1.165, 1.54) is 6.20 Å². The number of ether oxygens (including phenoxy) is 1. The van der Waals surface area contributed by atoms with E-state index in [1.54, 1.807) is 19.4 Å². The molecule has 0 aliphatic rings. The fraction of sp³-hybridized carbons (Fsp3) is 0.643. The van der Waals surface area contributed by atoms with Crippen LogP contribution < -0.4 is 5.32 Å². The van der Waals surface area contributed by atoms with E-state index < -0.39 is 0 Å². The van der Waals surface area contributed by atoms with Crippen molar-refractivity contribution in [1.82, 2.24) is 10.3 Å². The number of methoxy groups -OCH3 is 1. The molecule has 0 spiro atoms. The van der Waals surface area contributed by atoms with Crippen molar-refractivity contribution in [1.29, 1.82) is 0 Å². The minimum Gasteiger partial charge on any atom is -0.385 e. The first-order valence-corrected chi connectivity index (χ1v) is 6.51. The molecule has 2 unspecified atom stereocenters. The minimum absolute atomic E-state index is 0.128. The third-order valence-electron chi connectivity index (χ3n) is 3.05. The highest BCUT2D eigenvalue weighted by Gasteiger charge is 2.19. The molecule has 0 amide bonds. The van der Waals surface area contributed by atoms with E-state index in [0.29, 0.717) is 12.5 Å². The summed E-state index contributed by atoms with van der Waals surface area (Å²) in [5.74, 6) is 0.0924. The van der Waals surface area contributed by atoms with Crippen molar-refractivity contribution < 1.29 is 9.13 Å². The van der Waals surface area contributed by atoms with Crippen LogP contribution in [0, 0.1) is 11.7 Å². The first kappa shape index (κ1) is 15.1. The third-order valence-corrected chi connectivity index (χ3v) is 3.05. The van der Waals surface area contributed by atoms with Crippen molar-refractivity contribution in [2.45, 2.75) is 32.7 Å². The molecular formula is C14H23FN2O. The predicted octanol–water partition coefficient (Wildman–Crippen LogP) is 2.93. The molecule has 1 aromatic heterocycles. The summed E-state index contributed by atoms with van der Waals surface area (Å²) in [7, 11) is 1.70. The average Bonchev–Trinajstić information content (AvgIpc) is 2.37. The van der Waals surface area contributed by atoms with E-state index in [2.05, 4.69) is 24.1 Å². The van der Waals surface area contributed by atoms with Crippen LogP contribution in [0.4, 0.5) is 4.39 Å². The van der Waals surface area contributed by atoms with Gasteiger partial charge in [0.1, 0.15) is 5.82 Å². The van der Waals surface area contributed by atoms with Crippen molar-refractivity contribution in [3.8, 4) is 0 Å².